The van der Waals surface area contributed by atoms with E-state index >= 15 is 0 Å². The minimum Gasteiger partial charge on any atom is -0.299 e. The Labute approximate surface area is 115 Å². The molecule has 1 aromatic carbocycles. The summed E-state index contributed by atoms with van der Waals surface area (Å²) in [6, 6.07) is 7.08. The number of nitrogens with zero attached hydrogens (tertiary/aromatic N) is 1. The highest BCUT2D eigenvalue weighted by Crippen LogP contribution is 2.29. The lowest BCUT2D eigenvalue weighted by atomic mass is 9.89. The first-order valence-corrected chi connectivity index (χ1v) is 7.47. The van der Waals surface area contributed by atoms with Crippen LogP contribution in [0.3, 0.4) is 0 Å². The number of hydrogen-bond acceptors (Lipinski definition) is 1. The Morgan fingerprint density at radius 2 is 1.84 bits per heavy atom. The maximum atomic E-state index is 12.9. The van der Waals surface area contributed by atoms with Gasteiger partial charge in [0.2, 0.25) is 0 Å². The largest absolute Gasteiger partial charge is 0.299 e. The highest BCUT2D eigenvalue weighted by molar-refractivity contribution is 5.21. The molecule has 0 amide bonds. The van der Waals surface area contributed by atoms with Crippen LogP contribution in [0.25, 0.3) is 0 Å². The van der Waals surface area contributed by atoms with Gasteiger partial charge in [-0.1, -0.05) is 23.8 Å². The zero-order chi connectivity index (χ0) is 13.1. The second-order valence-corrected chi connectivity index (χ2v) is 5.86. The molecule has 1 aliphatic carbocycles. The second-order valence-electron chi connectivity index (χ2n) is 5.86. The molecule has 1 aliphatic heterocycles. The van der Waals surface area contributed by atoms with Gasteiger partial charge in [0.1, 0.15) is 5.82 Å². The lowest BCUT2D eigenvalue weighted by Gasteiger charge is -2.32. The molecule has 0 spiro atoms. The fourth-order valence-electron chi connectivity index (χ4n) is 3.33. The number of halogens is 1. The number of benzene rings is 1. The number of rotatable bonds is 3. The molecule has 0 radical (unpaired) electrons. The standard InChI is InChI=1S/C17H22FN/c18-17-7-5-15(6-8-17)16-9-11-19(12-10-16)13-14-3-1-2-4-14/h3,5-8,16H,1-2,4,9-13H2. The molecule has 1 saturated heterocycles. The van der Waals surface area contributed by atoms with Crippen molar-refractivity contribution in [2.24, 2.45) is 0 Å². The van der Waals surface area contributed by atoms with E-state index in [0.717, 1.165) is 0 Å². The summed E-state index contributed by atoms with van der Waals surface area (Å²) in [4.78, 5) is 2.58. The maximum absolute atomic E-state index is 12.9. The van der Waals surface area contributed by atoms with E-state index in [0.29, 0.717) is 5.92 Å². The molecule has 2 heteroatoms. The van der Waals surface area contributed by atoms with Crippen LogP contribution in [-0.4, -0.2) is 24.5 Å². The highest BCUT2D eigenvalue weighted by Gasteiger charge is 2.21. The van der Waals surface area contributed by atoms with Crippen LogP contribution in [0.15, 0.2) is 35.9 Å². The predicted octanol–water partition coefficient (Wildman–Crippen LogP) is 4.12. The van der Waals surface area contributed by atoms with Crippen LogP contribution >= 0.6 is 0 Å². The van der Waals surface area contributed by atoms with Crippen LogP contribution in [0.4, 0.5) is 4.39 Å². The van der Waals surface area contributed by atoms with Crippen molar-refractivity contribution < 1.29 is 4.39 Å². The molecule has 0 saturated carbocycles. The third kappa shape index (κ3) is 3.24. The van der Waals surface area contributed by atoms with E-state index in [2.05, 4.69) is 11.0 Å². The fraction of sp³-hybridized carbons (Fsp3) is 0.529. The maximum Gasteiger partial charge on any atom is 0.123 e. The van der Waals surface area contributed by atoms with E-state index in [4.69, 9.17) is 0 Å². The van der Waals surface area contributed by atoms with Crippen LogP contribution in [0, 0.1) is 5.82 Å². The number of hydrogen-bond donors (Lipinski definition) is 0. The first kappa shape index (κ1) is 12.9. The van der Waals surface area contributed by atoms with E-state index in [1.165, 1.54) is 57.3 Å². The van der Waals surface area contributed by atoms with Crippen molar-refractivity contribution >= 4 is 0 Å². The number of likely N-dealkylation sites (tertiary alicyclic amines) is 1. The molecule has 1 nitrogen and oxygen atoms in total. The summed E-state index contributed by atoms with van der Waals surface area (Å²) in [5.41, 5.74) is 2.95. The Balaban J connectivity index is 1.52. The summed E-state index contributed by atoms with van der Waals surface area (Å²) < 4.78 is 12.9. The minimum atomic E-state index is -0.130. The minimum absolute atomic E-state index is 0.130. The van der Waals surface area contributed by atoms with Gasteiger partial charge in [0, 0.05) is 6.54 Å². The number of allylic oxidation sites excluding steroid dienone is 1. The van der Waals surface area contributed by atoms with Gasteiger partial charge in [0.25, 0.3) is 0 Å². The van der Waals surface area contributed by atoms with Gasteiger partial charge in [0.05, 0.1) is 0 Å². The SMILES string of the molecule is Fc1ccc(C2CCN(CC3=CCCC3)CC2)cc1. The molecule has 3 rings (SSSR count). The summed E-state index contributed by atoms with van der Waals surface area (Å²) in [6.07, 6.45) is 8.77. The predicted molar refractivity (Wildman–Crippen MR) is 76.7 cm³/mol. The molecular weight excluding hydrogens is 237 g/mol. The lowest BCUT2D eigenvalue weighted by Crippen LogP contribution is -2.34. The third-order valence-electron chi connectivity index (χ3n) is 4.49. The van der Waals surface area contributed by atoms with E-state index in [-0.39, 0.29) is 5.82 Å². The average Bonchev–Trinajstić information content (AvgIpc) is 2.94. The summed E-state index contributed by atoms with van der Waals surface area (Å²) in [7, 11) is 0. The quantitative estimate of drug-likeness (QED) is 0.738. The van der Waals surface area contributed by atoms with Crippen LogP contribution in [0.1, 0.15) is 43.6 Å². The van der Waals surface area contributed by atoms with Gasteiger partial charge in [0.15, 0.2) is 0 Å². The molecule has 0 bridgehead atoms. The first-order chi connectivity index (χ1) is 9.31. The molecule has 2 aliphatic rings. The van der Waals surface area contributed by atoms with Gasteiger partial charge < -0.3 is 0 Å². The fourth-order valence-corrected chi connectivity index (χ4v) is 3.33. The monoisotopic (exact) mass is 259 g/mol. The normalized spacial score (nSPS) is 21.6. The van der Waals surface area contributed by atoms with Gasteiger partial charge in [-0.25, -0.2) is 4.39 Å². The van der Waals surface area contributed by atoms with Crippen LogP contribution in [0.2, 0.25) is 0 Å². The number of piperidine rings is 1. The van der Waals surface area contributed by atoms with Gasteiger partial charge in [-0.2, -0.15) is 0 Å². The first-order valence-electron chi connectivity index (χ1n) is 7.47. The van der Waals surface area contributed by atoms with Gasteiger partial charge in [-0.05, 0) is 68.8 Å². The Bertz CT molecular complexity index is 441. The van der Waals surface area contributed by atoms with E-state index in [9.17, 15) is 4.39 Å². The highest BCUT2D eigenvalue weighted by atomic mass is 19.1. The van der Waals surface area contributed by atoms with Crippen molar-refractivity contribution in [3.05, 3.63) is 47.3 Å². The zero-order valence-corrected chi connectivity index (χ0v) is 11.4. The van der Waals surface area contributed by atoms with Crippen LogP contribution in [0.5, 0.6) is 0 Å². The zero-order valence-electron chi connectivity index (χ0n) is 11.4. The molecule has 0 unspecified atom stereocenters. The molecule has 1 heterocycles. The smallest absolute Gasteiger partial charge is 0.123 e. The van der Waals surface area contributed by atoms with Crippen molar-refractivity contribution in [1.29, 1.82) is 0 Å². The Hall–Kier alpha value is -1.15. The van der Waals surface area contributed by atoms with Crippen molar-refractivity contribution in [3.63, 3.8) is 0 Å². The van der Waals surface area contributed by atoms with Crippen molar-refractivity contribution in [2.75, 3.05) is 19.6 Å². The second kappa shape index (κ2) is 5.87. The van der Waals surface area contributed by atoms with Gasteiger partial charge in [-0.3, -0.25) is 4.90 Å². The molecule has 0 atom stereocenters. The van der Waals surface area contributed by atoms with E-state index in [1.54, 1.807) is 17.7 Å². The molecule has 1 fully saturated rings. The Kier molecular flexibility index (Phi) is 3.97. The molecule has 102 valence electrons. The third-order valence-corrected chi connectivity index (χ3v) is 4.49. The molecule has 0 N–H and O–H groups in total. The van der Waals surface area contributed by atoms with Crippen LogP contribution in [-0.2, 0) is 0 Å². The van der Waals surface area contributed by atoms with Crippen molar-refractivity contribution in [1.82, 2.24) is 4.90 Å². The molecule has 0 aromatic heterocycles. The van der Waals surface area contributed by atoms with Crippen molar-refractivity contribution in [3.8, 4) is 0 Å². The average molecular weight is 259 g/mol. The van der Waals surface area contributed by atoms with E-state index < -0.39 is 0 Å². The Morgan fingerprint density at radius 3 is 2.47 bits per heavy atom. The molecular formula is C17H22FN. The van der Waals surface area contributed by atoms with Crippen molar-refractivity contribution in [2.45, 2.75) is 38.0 Å². The van der Waals surface area contributed by atoms with Gasteiger partial charge in [-0.15, -0.1) is 0 Å². The summed E-state index contributed by atoms with van der Waals surface area (Å²) in [5.74, 6) is 0.490. The molecule has 1 aromatic rings. The summed E-state index contributed by atoms with van der Waals surface area (Å²) in [6.45, 7) is 3.54. The molecule has 19 heavy (non-hydrogen) atoms. The van der Waals surface area contributed by atoms with Crippen LogP contribution < -0.4 is 0 Å². The van der Waals surface area contributed by atoms with Gasteiger partial charge >= 0.3 is 0 Å². The topological polar surface area (TPSA) is 3.24 Å². The summed E-state index contributed by atoms with van der Waals surface area (Å²) >= 11 is 0. The Morgan fingerprint density at radius 1 is 1.11 bits per heavy atom. The lowest BCUT2D eigenvalue weighted by molar-refractivity contribution is 0.227. The summed E-state index contributed by atoms with van der Waals surface area (Å²) in [5, 5.41) is 0. The van der Waals surface area contributed by atoms with E-state index in [1.807, 2.05) is 12.1 Å².